The van der Waals surface area contributed by atoms with Gasteiger partial charge < -0.3 is 20.3 Å². The summed E-state index contributed by atoms with van der Waals surface area (Å²) in [5.74, 6) is 0.0677. The molecule has 0 aromatic heterocycles. The van der Waals surface area contributed by atoms with E-state index in [-0.39, 0.29) is 29.7 Å². The first kappa shape index (κ1) is 25.7. The third kappa shape index (κ3) is 6.59. The Balaban J connectivity index is 1.70. The largest absolute Gasteiger partial charge is 0.497 e. The molecular formula is C26H32BrN3O4. The molecule has 0 radical (unpaired) electrons. The van der Waals surface area contributed by atoms with Crippen LogP contribution in [0.3, 0.4) is 0 Å². The van der Waals surface area contributed by atoms with E-state index in [9.17, 15) is 14.4 Å². The Bertz CT molecular complexity index is 1000. The predicted molar refractivity (Wildman–Crippen MR) is 135 cm³/mol. The highest BCUT2D eigenvalue weighted by atomic mass is 79.9. The topological polar surface area (TPSA) is 87.7 Å². The molecule has 1 saturated heterocycles. The van der Waals surface area contributed by atoms with Crippen LogP contribution in [-0.4, -0.2) is 54.9 Å². The molecule has 1 fully saturated rings. The quantitative estimate of drug-likeness (QED) is 0.540. The van der Waals surface area contributed by atoms with Crippen LogP contribution in [0.2, 0.25) is 0 Å². The molecule has 8 heteroatoms. The molecule has 2 atom stereocenters. The molecule has 0 aliphatic carbocycles. The lowest BCUT2D eigenvalue weighted by Crippen LogP contribution is -2.55. The van der Waals surface area contributed by atoms with Crippen molar-refractivity contribution in [3.05, 3.63) is 64.1 Å². The number of methoxy groups -OCH3 is 1. The van der Waals surface area contributed by atoms with E-state index in [0.29, 0.717) is 42.8 Å². The average molecular weight is 530 g/mol. The van der Waals surface area contributed by atoms with Gasteiger partial charge in [0.1, 0.15) is 11.8 Å². The van der Waals surface area contributed by atoms with Crippen molar-refractivity contribution in [3.63, 3.8) is 0 Å². The number of rotatable bonds is 8. The molecular weight excluding hydrogens is 498 g/mol. The minimum atomic E-state index is -0.674. The molecule has 7 nitrogen and oxygen atoms in total. The van der Waals surface area contributed by atoms with Gasteiger partial charge in [0.25, 0.3) is 11.8 Å². The van der Waals surface area contributed by atoms with Crippen LogP contribution in [-0.2, 0) is 4.79 Å². The molecule has 3 amide bonds. The van der Waals surface area contributed by atoms with Crippen LogP contribution in [0.4, 0.5) is 0 Å². The van der Waals surface area contributed by atoms with Gasteiger partial charge in [0.2, 0.25) is 5.91 Å². The van der Waals surface area contributed by atoms with Crippen molar-refractivity contribution in [2.24, 2.45) is 5.92 Å². The number of piperidine rings is 1. The van der Waals surface area contributed by atoms with Crippen LogP contribution in [0.5, 0.6) is 5.75 Å². The Kier molecular flexibility index (Phi) is 9.10. The van der Waals surface area contributed by atoms with Crippen LogP contribution in [0.1, 0.15) is 53.8 Å². The van der Waals surface area contributed by atoms with Crippen LogP contribution < -0.4 is 15.4 Å². The SMILES string of the molecule is CC[C@H](C)NC(=O)[C@H](NC(=O)c1ccc(OC)cc1)C1CCN(C(=O)c2cccc(Br)c2)CC1. The Labute approximate surface area is 209 Å². The van der Waals surface area contributed by atoms with Gasteiger partial charge in [-0.25, -0.2) is 0 Å². The molecule has 1 heterocycles. The monoisotopic (exact) mass is 529 g/mol. The standard InChI is InChI=1S/C26H32BrN3O4/c1-4-17(2)28-25(32)23(29-24(31)19-8-10-22(34-3)11-9-19)18-12-14-30(15-13-18)26(33)20-6-5-7-21(27)16-20/h5-11,16-18,23H,4,12-15H2,1-3H3,(H,28,32)(H,29,31)/t17-,23+/m0/s1. The maximum Gasteiger partial charge on any atom is 0.253 e. The molecule has 1 aliphatic heterocycles. The molecule has 34 heavy (non-hydrogen) atoms. The van der Waals surface area contributed by atoms with Crippen molar-refractivity contribution in [1.29, 1.82) is 0 Å². The number of likely N-dealkylation sites (tertiary alicyclic amines) is 1. The predicted octanol–water partition coefficient (Wildman–Crippen LogP) is 4.02. The molecule has 0 bridgehead atoms. The molecule has 0 unspecified atom stereocenters. The van der Waals surface area contributed by atoms with Crippen molar-refractivity contribution in [1.82, 2.24) is 15.5 Å². The molecule has 2 aromatic carbocycles. The molecule has 3 rings (SSSR count). The first-order valence-corrected chi connectivity index (χ1v) is 12.4. The Morgan fingerprint density at radius 3 is 2.32 bits per heavy atom. The summed E-state index contributed by atoms with van der Waals surface area (Å²) in [5.41, 5.74) is 1.09. The lowest BCUT2D eigenvalue weighted by molar-refractivity contribution is -0.125. The normalized spacial score (nSPS) is 15.8. The smallest absolute Gasteiger partial charge is 0.253 e. The molecule has 1 aliphatic rings. The van der Waals surface area contributed by atoms with E-state index < -0.39 is 6.04 Å². The number of ether oxygens (including phenoxy) is 1. The number of halogens is 1. The van der Waals surface area contributed by atoms with E-state index in [2.05, 4.69) is 26.6 Å². The number of carbonyl (C=O) groups is 3. The fourth-order valence-corrected chi connectivity index (χ4v) is 4.44. The third-order valence-electron chi connectivity index (χ3n) is 6.29. The minimum absolute atomic E-state index is 0.00563. The lowest BCUT2D eigenvalue weighted by Gasteiger charge is -2.36. The first-order valence-electron chi connectivity index (χ1n) is 11.6. The summed E-state index contributed by atoms with van der Waals surface area (Å²) in [6.07, 6.45) is 2.05. The van der Waals surface area contributed by atoms with Crippen LogP contribution in [0.25, 0.3) is 0 Å². The fourth-order valence-electron chi connectivity index (χ4n) is 4.04. The first-order chi connectivity index (χ1) is 16.3. The van der Waals surface area contributed by atoms with E-state index in [1.54, 1.807) is 37.4 Å². The van der Waals surface area contributed by atoms with E-state index in [1.165, 1.54) is 0 Å². The number of carbonyl (C=O) groups excluding carboxylic acids is 3. The van der Waals surface area contributed by atoms with Gasteiger partial charge in [-0.2, -0.15) is 0 Å². The van der Waals surface area contributed by atoms with E-state index in [0.717, 1.165) is 10.9 Å². The second-order valence-electron chi connectivity index (χ2n) is 8.64. The minimum Gasteiger partial charge on any atom is -0.497 e. The summed E-state index contributed by atoms with van der Waals surface area (Å²) < 4.78 is 6.01. The zero-order valence-electron chi connectivity index (χ0n) is 19.8. The Morgan fingerprint density at radius 2 is 1.74 bits per heavy atom. The third-order valence-corrected chi connectivity index (χ3v) is 6.79. The average Bonchev–Trinajstić information content (AvgIpc) is 2.86. The van der Waals surface area contributed by atoms with Crippen molar-refractivity contribution in [3.8, 4) is 5.75 Å². The van der Waals surface area contributed by atoms with Gasteiger partial charge in [0.05, 0.1) is 7.11 Å². The number of nitrogens with zero attached hydrogens (tertiary/aromatic N) is 1. The van der Waals surface area contributed by atoms with Crippen LogP contribution in [0.15, 0.2) is 53.0 Å². The fraction of sp³-hybridized carbons (Fsp3) is 0.423. The molecule has 182 valence electrons. The summed E-state index contributed by atoms with van der Waals surface area (Å²) in [7, 11) is 1.57. The number of hydrogen-bond acceptors (Lipinski definition) is 4. The molecule has 2 N–H and O–H groups in total. The summed E-state index contributed by atoms with van der Waals surface area (Å²) in [4.78, 5) is 40.8. The zero-order valence-corrected chi connectivity index (χ0v) is 21.4. The van der Waals surface area contributed by atoms with Crippen molar-refractivity contribution in [2.45, 2.75) is 45.2 Å². The molecule has 0 saturated carbocycles. The summed E-state index contributed by atoms with van der Waals surface area (Å²) in [5, 5.41) is 5.96. The zero-order chi connectivity index (χ0) is 24.7. The number of amides is 3. The lowest BCUT2D eigenvalue weighted by atomic mass is 9.88. The number of nitrogens with one attached hydrogen (secondary N) is 2. The second kappa shape index (κ2) is 12.0. The summed E-state index contributed by atoms with van der Waals surface area (Å²) in [6, 6.07) is 13.5. The van der Waals surface area contributed by atoms with Gasteiger partial charge in [-0.3, -0.25) is 14.4 Å². The Morgan fingerprint density at radius 1 is 1.06 bits per heavy atom. The van der Waals surface area contributed by atoms with Gasteiger partial charge >= 0.3 is 0 Å². The highest BCUT2D eigenvalue weighted by molar-refractivity contribution is 9.10. The van der Waals surface area contributed by atoms with Gasteiger partial charge in [-0.15, -0.1) is 0 Å². The van der Waals surface area contributed by atoms with E-state index in [4.69, 9.17) is 4.74 Å². The van der Waals surface area contributed by atoms with Gasteiger partial charge in [-0.1, -0.05) is 28.9 Å². The number of hydrogen-bond donors (Lipinski definition) is 2. The van der Waals surface area contributed by atoms with Crippen molar-refractivity contribution < 1.29 is 19.1 Å². The van der Waals surface area contributed by atoms with Crippen molar-refractivity contribution >= 4 is 33.7 Å². The van der Waals surface area contributed by atoms with Gasteiger partial charge in [0.15, 0.2) is 0 Å². The Hall–Kier alpha value is -2.87. The van der Waals surface area contributed by atoms with Gasteiger partial charge in [-0.05, 0) is 74.6 Å². The second-order valence-corrected chi connectivity index (χ2v) is 9.55. The van der Waals surface area contributed by atoms with E-state index in [1.807, 2.05) is 36.9 Å². The summed E-state index contributed by atoms with van der Waals surface area (Å²) in [6.45, 7) is 5.00. The van der Waals surface area contributed by atoms with E-state index >= 15 is 0 Å². The van der Waals surface area contributed by atoms with Crippen LogP contribution >= 0.6 is 15.9 Å². The van der Waals surface area contributed by atoms with Crippen LogP contribution in [0, 0.1) is 5.92 Å². The maximum absolute atomic E-state index is 13.1. The number of benzene rings is 2. The maximum atomic E-state index is 13.1. The van der Waals surface area contributed by atoms with Crippen molar-refractivity contribution in [2.75, 3.05) is 20.2 Å². The highest BCUT2D eigenvalue weighted by Crippen LogP contribution is 2.24. The summed E-state index contributed by atoms with van der Waals surface area (Å²) >= 11 is 3.41. The molecule has 0 spiro atoms. The highest BCUT2D eigenvalue weighted by Gasteiger charge is 2.34. The van der Waals surface area contributed by atoms with Gasteiger partial charge in [0, 0.05) is 34.7 Å². The molecule has 2 aromatic rings.